The lowest BCUT2D eigenvalue weighted by Gasteiger charge is -2.48. The molecule has 0 spiro atoms. The van der Waals surface area contributed by atoms with E-state index in [0.29, 0.717) is 29.6 Å². The second-order valence-electron chi connectivity index (χ2n) is 11.0. The Labute approximate surface area is 236 Å². The fourth-order valence-corrected chi connectivity index (χ4v) is 6.88. The zero-order valence-corrected chi connectivity index (χ0v) is 24.1. The van der Waals surface area contributed by atoms with E-state index in [4.69, 9.17) is 14.7 Å². The van der Waals surface area contributed by atoms with Gasteiger partial charge in [-0.25, -0.2) is 26.9 Å². The van der Waals surface area contributed by atoms with Crippen LogP contribution in [-0.4, -0.2) is 83.9 Å². The number of nitrogens with zero attached hydrogens (tertiary/aromatic N) is 7. The summed E-state index contributed by atoms with van der Waals surface area (Å²) in [5.74, 6) is -1.18. The summed E-state index contributed by atoms with van der Waals surface area (Å²) in [7, 11) is -1.54. The first kappa shape index (κ1) is 27.3. The highest BCUT2D eigenvalue weighted by molar-refractivity contribution is 7.90. The lowest BCUT2D eigenvalue weighted by atomic mass is 9.91. The average Bonchev–Trinajstić information content (AvgIpc) is 3.53. The number of methoxy groups -OCH3 is 1. The number of aryl methyl sites for hydroxylation is 1. The maximum absolute atomic E-state index is 14.2. The second-order valence-corrected chi connectivity index (χ2v) is 13.2. The van der Waals surface area contributed by atoms with Crippen LogP contribution < -0.4 is 14.5 Å². The Morgan fingerprint density at radius 1 is 1.15 bits per heavy atom. The van der Waals surface area contributed by atoms with Gasteiger partial charge in [0, 0.05) is 79.0 Å². The van der Waals surface area contributed by atoms with Crippen LogP contribution in [0, 0.1) is 12.8 Å². The van der Waals surface area contributed by atoms with Gasteiger partial charge in [-0.2, -0.15) is 5.10 Å². The number of alkyl halides is 2. The van der Waals surface area contributed by atoms with Crippen molar-refractivity contribution in [3.05, 3.63) is 48.5 Å². The third-order valence-electron chi connectivity index (χ3n) is 7.98. The van der Waals surface area contributed by atoms with E-state index in [0.717, 1.165) is 27.8 Å². The van der Waals surface area contributed by atoms with Crippen LogP contribution in [0.2, 0.25) is 0 Å². The molecule has 0 aromatic carbocycles. The van der Waals surface area contributed by atoms with Crippen molar-refractivity contribution in [2.24, 2.45) is 5.92 Å². The molecule has 2 aliphatic rings. The fraction of sp³-hybridized carbons (Fsp3) is 0.429. The maximum atomic E-state index is 14.2. The Kier molecular flexibility index (Phi) is 6.59. The van der Waals surface area contributed by atoms with Crippen LogP contribution in [0.4, 0.5) is 20.3 Å². The number of rotatable bonds is 7. The van der Waals surface area contributed by atoms with Crippen molar-refractivity contribution in [1.82, 2.24) is 24.7 Å². The van der Waals surface area contributed by atoms with E-state index in [9.17, 15) is 17.2 Å². The molecule has 6 rings (SSSR count). The number of hydrogen-bond acceptors (Lipinski definition) is 9. The molecule has 2 atom stereocenters. The summed E-state index contributed by atoms with van der Waals surface area (Å²) in [6.07, 6.45) is 6.06. The second kappa shape index (κ2) is 9.89. The molecular formula is C28H31F2N7O3S. The topological polar surface area (TPSA) is 106 Å². The van der Waals surface area contributed by atoms with E-state index in [1.807, 2.05) is 32.0 Å². The van der Waals surface area contributed by atoms with Crippen LogP contribution in [-0.2, 0) is 9.84 Å². The molecule has 13 heteroatoms. The van der Waals surface area contributed by atoms with E-state index in [2.05, 4.69) is 15.0 Å². The highest BCUT2D eigenvalue weighted by Crippen LogP contribution is 2.38. The number of ether oxygens (including phenoxy) is 1. The van der Waals surface area contributed by atoms with E-state index >= 15 is 0 Å². The van der Waals surface area contributed by atoms with Gasteiger partial charge in [-0.05, 0) is 26.0 Å². The molecule has 10 nitrogen and oxygen atoms in total. The van der Waals surface area contributed by atoms with Gasteiger partial charge in [0.25, 0.3) is 5.92 Å². The summed E-state index contributed by atoms with van der Waals surface area (Å²) in [5.41, 5.74) is 3.65. The molecule has 0 aliphatic carbocycles. The van der Waals surface area contributed by atoms with Crippen molar-refractivity contribution in [2.45, 2.75) is 32.2 Å². The number of pyridine rings is 3. The van der Waals surface area contributed by atoms with Gasteiger partial charge in [0.15, 0.2) is 5.82 Å². The number of sulfone groups is 1. The smallest absolute Gasteiger partial charge is 0.266 e. The molecule has 0 bridgehead atoms. The molecule has 0 saturated carbocycles. The molecule has 216 valence electrons. The van der Waals surface area contributed by atoms with Crippen molar-refractivity contribution in [3.8, 4) is 22.8 Å². The van der Waals surface area contributed by atoms with Gasteiger partial charge in [0.1, 0.15) is 21.4 Å². The van der Waals surface area contributed by atoms with Gasteiger partial charge in [-0.15, -0.1) is 0 Å². The lowest BCUT2D eigenvalue weighted by Crippen LogP contribution is -2.57. The van der Waals surface area contributed by atoms with E-state index < -0.39 is 22.3 Å². The molecule has 0 radical (unpaired) electrons. The molecular weight excluding hydrogens is 552 g/mol. The normalized spacial score (nSPS) is 20.4. The van der Waals surface area contributed by atoms with Crippen LogP contribution in [0.15, 0.2) is 42.9 Å². The molecule has 2 aliphatic heterocycles. The van der Waals surface area contributed by atoms with Crippen molar-refractivity contribution in [3.63, 3.8) is 0 Å². The molecule has 2 fully saturated rings. The highest BCUT2D eigenvalue weighted by Gasteiger charge is 2.41. The van der Waals surface area contributed by atoms with Crippen molar-refractivity contribution >= 4 is 32.2 Å². The van der Waals surface area contributed by atoms with Gasteiger partial charge < -0.3 is 14.5 Å². The molecule has 41 heavy (non-hydrogen) atoms. The molecule has 0 amide bonds. The third kappa shape index (κ3) is 5.18. The molecule has 2 saturated heterocycles. The summed E-state index contributed by atoms with van der Waals surface area (Å²) >= 11 is 0. The molecule has 6 heterocycles. The van der Waals surface area contributed by atoms with Crippen LogP contribution in [0.1, 0.15) is 19.0 Å². The summed E-state index contributed by atoms with van der Waals surface area (Å²) < 4.78 is 59.4. The number of anilines is 2. The monoisotopic (exact) mass is 583 g/mol. The number of hydrogen-bond donors (Lipinski definition) is 0. The maximum Gasteiger partial charge on any atom is 0.266 e. The zero-order valence-electron chi connectivity index (χ0n) is 23.3. The fourth-order valence-electron chi connectivity index (χ4n) is 5.72. The van der Waals surface area contributed by atoms with E-state index in [1.54, 1.807) is 41.3 Å². The minimum Gasteiger partial charge on any atom is -0.496 e. The molecule has 4 aromatic heterocycles. The Morgan fingerprint density at radius 3 is 2.61 bits per heavy atom. The van der Waals surface area contributed by atoms with Gasteiger partial charge in [-0.1, -0.05) is 0 Å². The van der Waals surface area contributed by atoms with Crippen LogP contribution >= 0.6 is 0 Å². The van der Waals surface area contributed by atoms with Crippen LogP contribution in [0.5, 0.6) is 5.75 Å². The summed E-state index contributed by atoms with van der Waals surface area (Å²) in [6.45, 7) is 4.19. The van der Waals surface area contributed by atoms with Gasteiger partial charge in [-0.3, -0.25) is 9.97 Å². The van der Waals surface area contributed by atoms with Crippen molar-refractivity contribution < 1.29 is 21.9 Å². The first-order valence-corrected chi connectivity index (χ1v) is 15.4. The van der Waals surface area contributed by atoms with Crippen LogP contribution in [0.3, 0.4) is 0 Å². The number of halogens is 2. The third-order valence-corrected chi connectivity index (χ3v) is 9.02. The largest absolute Gasteiger partial charge is 0.496 e. The standard InChI is InChI=1S/C28H31F2N7O3S/c1-17-21-13-32-37(24(21)11-23(33-17)22-12-31-7-5-25(22)40-3)27-10-20(36-14-19(18(36)2)15-41(4,38)39)9-26(34-27)35-8-6-28(29,30)16-35/h5,7,9-13,18-19H,6,8,14-16H2,1-4H3/t18-,19-/m1/s1. The quantitative estimate of drug-likeness (QED) is 0.320. The summed E-state index contributed by atoms with van der Waals surface area (Å²) in [6, 6.07) is 7.29. The van der Waals surface area contributed by atoms with Gasteiger partial charge >= 0.3 is 0 Å². The summed E-state index contributed by atoms with van der Waals surface area (Å²) in [4.78, 5) is 17.5. The minimum absolute atomic E-state index is 0.0162. The van der Waals surface area contributed by atoms with E-state index in [1.165, 1.54) is 6.26 Å². The number of aromatic nitrogens is 5. The Balaban J connectivity index is 1.45. The summed E-state index contributed by atoms with van der Waals surface area (Å²) in [5, 5.41) is 5.45. The Bertz CT molecular complexity index is 1740. The Hall–Kier alpha value is -3.87. The zero-order chi connectivity index (χ0) is 29.1. The molecule has 0 N–H and O–H groups in total. The average molecular weight is 584 g/mol. The minimum atomic E-state index is -3.13. The Morgan fingerprint density at radius 2 is 1.93 bits per heavy atom. The predicted octanol–water partition coefficient (Wildman–Crippen LogP) is 3.91. The first-order chi connectivity index (χ1) is 19.4. The van der Waals surface area contributed by atoms with E-state index in [-0.39, 0.29) is 30.7 Å². The highest BCUT2D eigenvalue weighted by atomic mass is 32.2. The lowest BCUT2D eigenvalue weighted by molar-refractivity contribution is 0.0256. The van der Waals surface area contributed by atoms with Crippen molar-refractivity contribution in [2.75, 3.05) is 48.6 Å². The van der Waals surface area contributed by atoms with Crippen molar-refractivity contribution in [1.29, 1.82) is 0 Å². The molecule has 0 unspecified atom stereocenters. The van der Waals surface area contributed by atoms with Gasteiger partial charge in [0.05, 0.1) is 42.4 Å². The molecule has 4 aromatic rings. The predicted molar refractivity (Wildman–Crippen MR) is 153 cm³/mol. The first-order valence-electron chi connectivity index (χ1n) is 13.4. The van der Waals surface area contributed by atoms with Crippen LogP contribution in [0.25, 0.3) is 28.0 Å². The van der Waals surface area contributed by atoms with Gasteiger partial charge in [0.2, 0.25) is 0 Å². The SMILES string of the molecule is COc1ccncc1-c1cc2c(cnn2-c2cc(N3C[C@H](CS(C)(=O)=O)[C@H]3C)cc(N3CCC(F)(F)C3)n2)c(C)n1. The number of fused-ring (bicyclic) bond motifs is 1.